The van der Waals surface area contributed by atoms with Gasteiger partial charge in [0, 0.05) is 11.8 Å². The van der Waals surface area contributed by atoms with Crippen LogP contribution < -0.4 is 15.8 Å². The first-order valence-corrected chi connectivity index (χ1v) is 6.37. The van der Waals surface area contributed by atoms with Gasteiger partial charge in [-0.15, -0.1) is 0 Å². The number of methoxy groups -OCH3 is 1. The molecule has 0 fully saturated rings. The topological polar surface area (TPSA) is 93.0 Å². The second-order valence-electron chi connectivity index (χ2n) is 4.51. The molecule has 0 atom stereocenters. The van der Waals surface area contributed by atoms with E-state index in [2.05, 4.69) is 15.3 Å². The molecule has 2 aromatic carbocycles. The highest BCUT2D eigenvalue weighted by Crippen LogP contribution is 2.21. The molecule has 3 aromatic rings. The Balaban J connectivity index is 1.85. The number of benzene rings is 2. The van der Waals surface area contributed by atoms with Crippen molar-refractivity contribution in [2.45, 2.75) is 0 Å². The zero-order valence-electron chi connectivity index (χ0n) is 11.4. The standard InChI is InChI=1S/C15H14N4O2/c1-21-9-6-7-10(11(16)8-9)14(20)19-15-17-12-4-2-3-5-13(12)18-15/h2-8H,16H2,1H3,(H2,17,18,19,20). The Morgan fingerprint density at radius 3 is 2.81 bits per heavy atom. The summed E-state index contributed by atoms with van der Waals surface area (Å²) < 4.78 is 5.06. The van der Waals surface area contributed by atoms with Gasteiger partial charge in [-0.05, 0) is 24.3 Å². The lowest BCUT2D eigenvalue weighted by Crippen LogP contribution is -2.14. The van der Waals surface area contributed by atoms with Gasteiger partial charge in [-0.2, -0.15) is 0 Å². The molecule has 1 amide bonds. The Bertz CT molecular complexity index is 777. The predicted molar refractivity (Wildman–Crippen MR) is 81.5 cm³/mol. The minimum Gasteiger partial charge on any atom is -0.497 e. The van der Waals surface area contributed by atoms with Crippen LogP contribution in [0.2, 0.25) is 0 Å². The van der Waals surface area contributed by atoms with Crippen molar-refractivity contribution >= 4 is 28.6 Å². The minimum atomic E-state index is -0.325. The first kappa shape index (κ1) is 13.0. The van der Waals surface area contributed by atoms with E-state index in [9.17, 15) is 4.79 Å². The number of H-pyrrole nitrogens is 1. The van der Waals surface area contributed by atoms with Gasteiger partial charge in [0.05, 0.1) is 23.7 Å². The fourth-order valence-electron chi connectivity index (χ4n) is 2.06. The van der Waals surface area contributed by atoms with Gasteiger partial charge in [0.1, 0.15) is 5.75 Å². The van der Waals surface area contributed by atoms with Gasteiger partial charge in [0.25, 0.3) is 5.91 Å². The van der Waals surface area contributed by atoms with Gasteiger partial charge in [0.2, 0.25) is 5.95 Å². The second kappa shape index (κ2) is 5.16. The van der Waals surface area contributed by atoms with Gasteiger partial charge in [-0.3, -0.25) is 10.1 Å². The molecule has 0 unspecified atom stereocenters. The molecule has 0 saturated carbocycles. The SMILES string of the molecule is COc1ccc(C(=O)Nc2nc3ccccc3[nH]2)c(N)c1. The van der Waals surface area contributed by atoms with Crippen LogP contribution in [0.15, 0.2) is 42.5 Å². The third-order valence-electron chi connectivity index (χ3n) is 3.12. The maximum Gasteiger partial charge on any atom is 0.260 e. The Hall–Kier alpha value is -3.02. The highest BCUT2D eigenvalue weighted by atomic mass is 16.5. The van der Waals surface area contributed by atoms with Crippen molar-refractivity contribution < 1.29 is 9.53 Å². The Morgan fingerprint density at radius 2 is 2.10 bits per heavy atom. The number of carbonyl (C=O) groups excluding carboxylic acids is 1. The molecule has 1 heterocycles. The molecule has 0 aliphatic rings. The fourth-order valence-corrected chi connectivity index (χ4v) is 2.06. The molecule has 4 N–H and O–H groups in total. The lowest BCUT2D eigenvalue weighted by molar-refractivity contribution is 0.102. The summed E-state index contributed by atoms with van der Waals surface area (Å²) >= 11 is 0. The third kappa shape index (κ3) is 2.51. The molecule has 0 bridgehead atoms. The van der Waals surface area contributed by atoms with E-state index in [1.165, 1.54) is 0 Å². The zero-order chi connectivity index (χ0) is 14.8. The van der Waals surface area contributed by atoms with Crippen molar-refractivity contribution in [1.82, 2.24) is 9.97 Å². The van der Waals surface area contributed by atoms with Crippen LogP contribution in [0.25, 0.3) is 11.0 Å². The number of imidazole rings is 1. The van der Waals surface area contributed by atoms with Crippen LogP contribution in [0.1, 0.15) is 10.4 Å². The van der Waals surface area contributed by atoms with Crippen molar-refractivity contribution in [3.63, 3.8) is 0 Å². The first-order valence-electron chi connectivity index (χ1n) is 6.37. The van der Waals surface area contributed by atoms with E-state index in [-0.39, 0.29) is 5.91 Å². The van der Waals surface area contributed by atoms with E-state index in [0.717, 1.165) is 11.0 Å². The summed E-state index contributed by atoms with van der Waals surface area (Å²) in [5.74, 6) is 0.665. The molecule has 0 radical (unpaired) electrons. The lowest BCUT2D eigenvalue weighted by Gasteiger charge is -2.07. The number of amides is 1. The first-order chi connectivity index (χ1) is 10.2. The van der Waals surface area contributed by atoms with Crippen LogP contribution in [-0.2, 0) is 0 Å². The van der Waals surface area contributed by atoms with Gasteiger partial charge >= 0.3 is 0 Å². The number of nitrogens with two attached hydrogens (primary N) is 1. The number of rotatable bonds is 3. The quantitative estimate of drug-likeness (QED) is 0.643. The summed E-state index contributed by atoms with van der Waals surface area (Å²) in [6, 6.07) is 12.4. The molecule has 6 nitrogen and oxygen atoms in total. The maximum atomic E-state index is 12.2. The second-order valence-corrected chi connectivity index (χ2v) is 4.51. The normalized spacial score (nSPS) is 10.5. The van der Waals surface area contributed by atoms with E-state index >= 15 is 0 Å². The van der Waals surface area contributed by atoms with Crippen LogP contribution in [0, 0.1) is 0 Å². The predicted octanol–water partition coefficient (Wildman–Crippen LogP) is 2.41. The molecule has 106 valence electrons. The molecule has 0 saturated heterocycles. The third-order valence-corrected chi connectivity index (χ3v) is 3.12. The minimum absolute atomic E-state index is 0.325. The summed E-state index contributed by atoms with van der Waals surface area (Å²) in [7, 11) is 1.54. The summed E-state index contributed by atoms with van der Waals surface area (Å²) in [5, 5.41) is 2.70. The number of aromatic nitrogens is 2. The number of fused-ring (bicyclic) bond motifs is 1. The van der Waals surface area contributed by atoms with E-state index in [1.807, 2.05) is 24.3 Å². The van der Waals surface area contributed by atoms with Crippen molar-refractivity contribution in [2.24, 2.45) is 0 Å². The molecule has 0 aliphatic heterocycles. The number of ether oxygens (including phenoxy) is 1. The van der Waals surface area contributed by atoms with E-state index < -0.39 is 0 Å². The van der Waals surface area contributed by atoms with Crippen LogP contribution in [0.3, 0.4) is 0 Å². The Morgan fingerprint density at radius 1 is 1.29 bits per heavy atom. The summed E-state index contributed by atoms with van der Waals surface area (Å²) in [6.07, 6.45) is 0. The van der Waals surface area contributed by atoms with Crippen LogP contribution >= 0.6 is 0 Å². The maximum absolute atomic E-state index is 12.2. The zero-order valence-corrected chi connectivity index (χ0v) is 11.4. The number of hydrogen-bond donors (Lipinski definition) is 3. The van der Waals surface area contributed by atoms with E-state index in [4.69, 9.17) is 10.5 Å². The van der Waals surface area contributed by atoms with Crippen molar-refractivity contribution in [3.8, 4) is 5.75 Å². The number of aromatic amines is 1. The molecule has 0 aliphatic carbocycles. The van der Waals surface area contributed by atoms with Crippen LogP contribution in [-0.4, -0.2) is 23.0 Å². The number of anilines is 2. The van der Waals surface area contributed by atoms with E-state index in [0.29, 0.717) is 22.9 Å². The largest absolute Gasteiger partial charge is 0.497 e. The molecule has 3 rings (SSSR count). The number of nitrogen functional groups attached to an aromatic ring is 1. The van der Waals surface area contributed by atoms with Gasteiger partial charge < -0.3 is 15.5 Å². The van der Waals surface area contributed by atoms with Crippen LogP contribution in [0.4, 0.5) is 11.6 Å². The molecular formula is C15H14N4O2. The van der Waals surface area contributed by atoms with Gasteiger partial charge in [-0.25, -0.2) is 4.98 Å². The number of hydrogen-bond acceptors (Lipinski definition) is 4. The number of nitrogens with zero attached hydrogens (tertiary/aromatic N) is 1. The summed E-state index contributed by atoms with van der Waals surface area (Å²) in [5.41, 5.74) is 8.22. The molecule has 21 heavy (non-hydrogen) atoms. The average molecular weight is 282 g/mol. The van der Waals surface area contributed by atoms with Gasteiger partial charge in [-0.1, -0.05) is 12.1 Å². The highest BCUT2D eigenvalue weighted by Gasteiger charge is 2.12. The van der Waals surface area contributed by atoms with E-state index in [1.54, 1.807) is 25.3 Å². The molecular weight excluding hydrogens is 268 g/mol. The van der Waals surface area contributed by atoms with Gasteiger partial charge in [0.15, 0.2) is 0 Å². The number of para-hydroxylation sites is 2. The van der Waals surface area contributed by atoms with Crippen molar-refractivity contribution in [3.05, 3.63) is 48.0 Å². The summed E-state index contributed by atoms with van der Waals surface area (Å²) in [4.78, 5) is 19.5. The Kier molecular flexibility index (Phi) is 3.19. The molecule has 1 aromatic heterocycles. The molecule has 6 heteroatoms. The fraction of sp³-hybridized carbons (Fsp3) is 0.0667. The highest BCUT2D eigenvalue weighted by molar-refractivity contribution is 6.07. The van der Waals surface area contributed by atoms with Crippen molar-refractivity contribution in [2.75, 3.05) is 18.2 Å². The Labute approximate surface area is 120 Å². The average Bonchev–Trinajstić information content (AvgIpc) is 2.88. The number of nitrogens with one attached hydrogen (secondary N) is 2. The number of carbonyl (C=O) groups is 1. The monoisotopic (exact) mass is 282 g/mol. The smallest absolute Gasteiger partial charge is 0.260 e. The lowest BCUT2D eigenvalue weighted by atomic mass is 10.1. The van der Waals surface area contributed by atoms with Crippen LogP contribution in [0.5, 0.6) is 5.75 Å². The molecule has 0 spiro atoms. The summed E-state index contributed by atoms with van der Waals surface area (Å²) in [6.45, 7) is 0. The van der Waals surface area contributed by atoms with Crippen molar-refractivity contribution in [1.29, 1.82) is 0 Å².